The SMILES string of the molecule is C=CCn1c(SCC(=O)Nc2nc(C)c(C(=O)OCC)s2)nnc1-c1csc(C)c1C. The second-order valence-corrected chi connectivity index (χ2v) is 9.55. The van der Waals surface area contributed by atoms with Gasteiger partial charge in [-0.1, -0.05) is 29.2 Å². The number of carbonyl (C=O) groups is 2. The minimum absolute atomic E-state index is 0.129. The van der Waals surface area contributed by atoms with Crippen molar-refractivity contribution >= 4 is 51.4 Å². The Morgan fingerprint density at radius 3 is 2.74 bits per heavy atom. The van der Waals surface area contributed by atoms with E-state index in [1.807, 2.05) is 4.57 Å². The third-order valence-corrected chi connectivity index (χ3v) is 7.42. The number of thiazole rings is 1. The molecular formula is C20H23N5O3S3. The van der Waals surface area contributed by atoms with Crippen molar-refractivity contribution < 1.29 is 14.3 Å². The Morgan fingerprint density at radius 1 is 1.32 bits per heavy atom. The summed E-state index contributed by atoms with van der Waals surface area (Å²) in [5.41, 5.74) is 2.75. The predicted molar refractivity (Wildman–Crippen MR) is 125 cm³/mol. The molecule has 0 aromatic carbocycles. The van der Waals surface area contributed by atoms with Gasteiger partial charge in [-0.25, -0.2) is 9.78 Å². The van der Waals surface area contributed by atoms with E-state index in [4.69, 9.17) is 4.74 Å². The number of aryl methyl sites for hydroxylation is 2. The van der Waals surface area contributed by atoms with Gasteiger partial charge in [-0.3, -0.25) is 9.36 Å². The molecule has 3 aromatic heterocycles. The lowest BCUT2D eigenvalue weighted by Crippen LogP contribution is -2.14. The highest BCUT2D eigenvalue weighted by molar-refractivity contribution is 7.99. The first-order valence-electron chi connectivity index (χ1n) is 9.52. The summed E-state index contributed by atoms with van der Waals surface area (Å²) in [5.74, 6) is 0.215. The molecule has 11 heteroatoms. The van der Waals surface area contributed by atoms with Gasteiger partial charge in [0, 0.05) is 22.4 Å². The number of amides is 1. The summed E-state index contributed by atoms with van der Waals surface area (Å²) in [6.45, 7) is 12.2. The van der Waals surface area contributed by atoms with E-state index >= 15 is 0 Å². The van der Waals surface area contributed by atoms with Crippen molar-refractivity contribution in [3.05, 3.63) is 39.0 Å². The molecule has 0 unspecified atom stereocenters. The Balaban J connectivity index is 1.69. The first kappa shape index (κ1) is 23.2. The lowest BCUT2D eigenvalue weighted by molar-refractivity contribution is -0.113. The molecule has 1 N–H and O–H groups in total. The summed E-state index contributed by atoms with van der Waals surface area (Å²) in [5, 5.41) is 14.4. The third kappa shape index (κ3) is 5.23. The summed E-state index contributed by atoms with van der Waals surface area (Å²) < 4.78 is 6.96. The topological polar surface area (TPSA) is 99.0 Å². The lowest BCUT2D eigenvalue weighted by atomic mass is 10.1. The average molecular weight is 478 g/mol. The molecule has 0 spiro atoms. The molecule has 3 heterocycles. The summed E-state index contributed by atoms with van der Waals surface area (Å²) >= 11 is 4.06. The van der Waals surface area contributed by atoms with E-state index in [-0.39, 0.29) is 18.3 Å². The van der Waals surface area contributed by atoms with Crippen LogP contribution in [0.3, 0.4) is 0 Å². The summed E-state index contributed by atoms with van der Waals surface area (Å²) in [6.07, 6.45) is 1.78. The number of nitrogens with one attached hydrogen (secondary N) is 1. The van der Waals surface area contributed by atoms with Crippen LogP contribution < -0.4 is 5.32 Å². The van der Waals surface area contributed by atoms with E-state index in [1.165, 1.54) is 22.2 Å². The fraction of sp³-hybridized carbons (Fsp3) is 0.350. The molecule has 0 aliphatic rings. The van der Waals surface area contributed by atoms with Gasteiger partial charge in [0.2, 0.25) is 5.91 Å². The zero-order valence-electron chi connectivity index (χ0n) is 17.7. The summed E-state index contributed by atoms with van der Waals surface area (Å²) in [7, 11) is 0. The largest absolute Gasteiger partial charge is 0.462 e. The molecule has 0 fully saturated rings. The number of hydrogen-bond donors (Lipinski definition) is 1. The number of ether oxygens (including phenoxy) is 1. The smallest absolute Gasteiger partial charge is 0.350 e. The average Bonchev–Trinajstić information content (AvgIpc) is 3.39. The van der Waals surface area contributed by atoms with Gasteiger partial charge < -0.3 is 10.1 Å². The maximum absolute atomic E-state index is 12.4. The Bertz CT molecular complexity index is 1120. The van der Waals surface area contributed by atoms with Crippen LogP contribution in [0.15, 0.2) is 23.2 Å². The van der Waals surface area contributed by atoms with Crippen LogP contribution in [0.25, 0.3) is 11.4 Å². The van der Waals surface area contributed by atoms with E-state index in [0.29, 0.717) is 27.4 Å². The minimum Gasteiger partial charge on any atom is -0.462 e. The molecule has 31 heavy (non-hydrogen) atoms. The molecule has 0 saturated heterocycles. The molecule has 0 atom stereocenters. The number of rotatable bonds is 9. The van der Waals surface area contributed by atoms with Gasteiger partial charge in [0.25, 0.3) is 0 Å². The van der Waals surface area contributed by atoms with Crippen LogP contribution in [0.1, 0.15) is 32.7 Å². The molecule has 0 bridgehead atoms. The van der Waals surface area contributed by atoms with E-state index < -0.39 is 5.97 Å². The number of allylic oxidation sites excluding steroid dienone is 1. The normalized spacial score (nSPS) is 10.8. The number of aromatic nitrogens is 4. The number of hydrogen-bond acceptors (Lipinski definition) is 9. The van der Waals surface area contributed by atoms with Crippen LogP contribution in [-0.2, 0) is 16.1 Å². The quantitative estimate of drug-likeness (QED) is 0.275. The van der Waals surface area contributed by atoms with Crippen molar-refractivity contribution in [3.63, 3.8) is 0 Å². The number of esters is 1. The summed E-state index contributed by atoms with van der Waals surface area (Å²) in [4.78, 5) is 30.2. The van der Waals surface area contributed by atoms with Crippen molar-refractivity contribution in [2.75, 3.05) is 17.7 Å². The Morgan fingerprint density at radius 2 is 2.10 bits per heavy atom. The highest BCUT2D eigenvalue weighted by atomic mass is 32.2. The van der Waals surface area contributed by atoms with Crippen LogP contribution in [0.2, 0.25) is 0 Å². The van der Waals surface area contributed by atoms with Crippen molar-refractivity contribution in [3.8, 4) is 11.4 Å². The molecule has 0 aliphatic heterocycles. The van der Waals surface area contributed by atoms with Gasteiger partial charge in [-0.05, 0) is 33.3 Å². The molecular weight excluding hydrogens is 454 g/mol. The van der Waals surface area contributed by atoms with Gasteiger partial charge in [0.05, 0.1) is 18.1 Å². The maximum Gasteiger partial charge on any atom is 0.350 e. The number of thioether (sulfide) groups is 1. The predicted octanol–water partition coefficient (Wildman–Crippen LogP) is 4.48. The summed E-state index contributed by atoms with van der Waals surface area (Å²) in [6, 6.07) is 0. The zero-order chi connectivity index (χ0) is 22.5. The number of thiophene rings is 1. The molecule has 3 rings (SSSR count). The Labute approximate surface area is 192 Å². The second kappa shape index (κ2) is 10.2. The van der Waals surface area contributed by atoms with Gasteiger partial charge in [-0.2, -0.15) is 0 Å². The van der Waals surface area contributed by atoms with Crippen molar-refractivity contribution in [2.45, 2.75) is 39.4 Å². The van der Waals surface area contributed by atoms with E-state index in [9.17, 15) is 9.59 Å². The Hall–Kier alpha value is -2.50. The van der Waals surface area contributed by atoms with Crippen LogP contribution in [0.5, 0.6) is 0 Å². The fourth-order valence-electron chi connectivity index (χ4n) is 2.74. The van der Waals surface area contributed by atoms with E-state index in [1.54, 1.807) is 31.3 Å². The standard InChI is InChI=1S/C20H23N5O3S3/c1-6-8-25-17(14-9-29-13(5)11(14)3)23-24-20(25)30-10-15(26)22-19-21-12(4)16(31-19)18(27)28-7-2/h6,9H,1,7-8,10H2,2-5H3,(H,21,22,26). The second-order valence-electron chi connectivity index (χ2n) is 6.53. The molecule has 0 saturated carbocycles. The van der Waals surface area contributed by atoms with Gasteiger partial charge in [0.1, 0.15) is 4.88 Å². The first-order valence-corrected chi connectivity index (χ1v) is 12.2. The van der Waals surface area contributed by atoms with Crippen molar-refractivity contribution in [1.82, 2.24) is 19.7 Å². The molecule has 0 aliphatic carbocycles. The van der Waals surface area contributed by atoms with Crippen LogP contribution in [0.4, 0.5) is 5.13 Å². The molecule has 0 radical (unpaired) electrons. The van der Waals surface area contributed by atoms with Crippen LogP contribution >= 0.6 is 34.4 Å². The van der Waals surface area contributed by atoms with E-state index in [2.05, 4.69) is 46.3 Å². The lowest BCUT2D eigenvalue weighted by Gasteiger charge is -2.07. The molecule has 164 valence electrons. The van der Waals surface area contributed by atoms with Crippen molar-refractivity contribution in [1.29, 1.82) is 0 Å². The van der Waals surface area contributed by atoms with Gasteiger partial charge in [-0.15, -0.1) is 28.1 Å². The zero-order valence-corrected chi connectivity index (χ0v) is 20.2. The molecule has 3 aromatic rings. The maximum atomic E-state index is 12.4. The van der Waals surface area contributed by atoms with E-state index in [0.717, 1.165) is 22.7 Å². The van der Waals surface area contributed by atoms with Crippen LogP contribution in [0, 0.1) is 20.8 Å². The third-order valence-electron chi connectivity index (χ3n) is 4.39. The minimum atomic E-state index is -0.434. The first-order chi connectivity index (χ1) is 14.8. The van der Waals surface area contributed by atoms with Crippen LogP contribution in [-0.4, -0.2) is 44.0 Å². The van der Waals surface area contributed by atoms with Crippen molar-refractivity contribution in [2.24, 2.45) is 0 Å². The number of anilines is 1. The number of nitrogens with zero attached hydrogens (tertiary/aromatic N) is 4. The van der Waals surface area contributed by atoms with Gasteiger partial charge >= 0.3 is 5.97 Å². The molecule has 1 amide bonds. The number of carbonyl (C=O) groups excluding carboxylic acids is 2. The Kier molecular flexibility index (Phi) is 7.63. The monoisotopic (exact) mass is 477 g/mol. The highest BCUT2D eigenvalue weighted by Gasteiger charge is 2.20. The fourth-order valence-corrected chi connectivity index (χ4v) is 5.23. The highest BCUT2D eigenvalue weighted by Crippen LogP contribution is 2.31. The van der Waals surface area contributed by atoms with Gasteiger partial charge in [0.15, 0.2) is 16.1 Å². The molecule has 8 nitrogen and oxygen atoms in total.